The Hall–Kier alpha value is -4.06. The van der Waals surface area contributed by atoms with Crippen molar-refractivity contribution < 1.29 is 34.8 Å². The predicted octanol–water partition coefficient (Wildman–Crippen LogP) is 11.4. The monoisotopic (exact) mass is 1030 g/mol. The van der Waals surface area contributed by atoms with Crippen molar-refractivity contribution in [2.45, 2.75) is 111 Å². The molecule has 1 unspecified atom stereocenters. The molecule has 0 spiro atoms. The standard InChI is InChI=1S/C52H65ClF3N5O5S3/c1-50(2,3)61-31-29-59(30-32-61)26-24-42(36-67-44-9-7-6-8-10-44)57-47-20-19-45(34-48(47)68(63,64)52(54,55)56)69(65,66)58-49(62)39-13-17-43(18-14-39)60-27-22-37(23-28-60)33-40-35-51(4,5)25-21-46(40)38-11-15-41(53)16-12-38/h6-20,34,37,42,57H,21-33,35-36H2,1-5H3,(H,58,62). The summed E-state index contributed by atoms with van der Waals surface area (Å²) >= 11 is 7.68. The number of nitrogens with one attached hydrogen (secondary N) is 2. The number of thioether (sulfide) groups is 1. The topological polar surface area (TPSA) is 119 Å². The first-order chi connectivity index (χ1) is 32.5. The van der Waals surface area contributed by atoms with Crippen molar-refractivity contribution in [3.05, 3.63) is 119 Å². The van der Waals surface area contributed by atoms with E-state index in [4.69, 9.17) is 11.6 Å². The maximum atomic E-state index is 14.3. The molecule has 1 amide bonds. The van der Waals surface area contributed by atoms with Gasteiger partial charge in [0.25, 0.3) is 25.8 Å². The molecule has 374 valence electrons. The van der Waals surface area contributed by atoms with Crippen LogP contribution >= 0.6 is 23.4 Å². The minimum atomic E-state index is -6.06. The molecule has 1 atom stereocenters. The summed E-state index contributed by atoms with van der Waals surface area (Å²) in [5.41, 5.74) is -0.759. The van der Waals surface area contributed by atoms with Gasteiger partial charge in [0.05, 0.1) is 10.6 Å². The van der Waals surface area contributed by atoms with Gasteiger partial charge in [0.2, 0.25) is 0 Å². The smallest absolute Gasteiger partial charge is 0.380 e. The largest absolute Gasteiger partial charge is 0.501 e. The zero-order valence-electron chi connectivity index (χ0n) is 40.1. The number of anilines is 2. The molecule has 1 aliphatic carbocycles. The van der Waals surface area contributed by atoms with E-state index in [1.54, 1.807) is 12.1 Å². The van der Waals surface area contributed by atoms with Crippen LogP contribution in [0.2, 0.25) is 5.02 Å². The lowest BCUT2D eigenvalue weighted by molar-refractivity contribution is -0.0435. The Morgan fingerprint density at radius 3 is 2.13 bits per heavy atom. The summed E-state index contributed by atoms with van der Waals surface area (Å²) in [7, 11) is -10.9. The number of carbonyl (C=O) groups excluding carboxylic acids is 1. The van der Waals surface area contributed by atoms with Gasteiger partial charge in [-0.1, -0.05) is 61.4 Å². The van der Waals surface area contributed by atoms with Crippen LogP contribution in [-0.4, -0.2) is 101 Å². The summed E-state index contributed by atoms with van der Waals surface area (Å²) in [6.07, 6.45) is 6.73. The summed E-state index contributed by atoms with van der Waals surface area (Å²) in [6, 6.07) is 26.1. The predicted molar refractivity (Wildman–Crippen MR) is 273 cm³/mol. The Labute approximate surface area is 416 Å². The molecule has 2 heterocycles. The van der Waals surface area contributed by atoms with Gasteiger partial charge in [-0.2, -0.15) is 13.2 Å². The lowest BCUT2D eigenvalue weighted by Crippen LogP contribution is -2.53. The molecule has 10 nitrogen and oxygen atoms in total. The highest BCUT2D eigenvalue weighted by atomic mass is 35.5. The lowest BCUT2D eigenvalue weighted by atomic mass is 9.70. The van der Waals surface area contributed by atoms with Crippen molar-refractivity contribution in [1.82, 2.24) is 14.5 Å². The summed E-state index contributed by atoms with van der Waals surface area (Å²) < 4.78 is 98.6. The number of sulfonamides is 1. The molecule has 2 aliphatic heterocycles. The summed E-state index contributed by atoms with van der Waals surface area (Å²) in [5.74, 6) is -0.109. The molecule has 0 radical (unpaired) electrons. The lowest BCUT2D eigenvalue weighted by Gasteiger charge is -2.42. The van der Waals surface area contributed by atoms with Gasteiger partial charge in [-0.3, -0.25) is 9.69 Å². The fraction of sp³-hybridized carbons (Fsp3) is 0.481. The van der Waals surface area contributed by atoms with Gasteiger partial charge >= 0.3 is 5.51 Å². The van der Waals surface area contributed by atoms with Crippen LogP contribution in [0.15, 0.2) is 117 Å². The molecule has 0 aromatic heterocycles. The Bertz CT molecular complexity index is 2660. The molecule has 4 aromatic rings. The molecule has 17 heteroatoms. The molecule has 3 aliphatic rings. The average Bonchev–Trinajstić information content (AvgIpc) is 3.30. The van der Waals surface area contributed by atoms with Gasteiger partial charge in [-0.05, 0) is 155 Å². The van der Waals surface area contributed by atoms with E-state index >= 15 is 0 Å². The van der Waals surface area contributed by atoms with E-state index < -0.39 is 47.1 Å². The Balaban J connectivity index is 1.02. The number of piperazine rings is 1. The van der Waals surface area contributed by atoms with E-state index in [1.165, 1.54) is 40.6 Å². The normalized spacial score (nSPS) is 18.5. The van der Waals surface area contributed by atoms with E-state index in [1.807, 2.05) is 47.2 Å². The number of benzene rings is 4. The summed E-state index contributed by atoms with van der Waals surface area (Å²) in [5, 5.41) is 3.78. The second-order valence-electron chi connectivity index (χ2n) is 20.4. The van der Waals surface area contributed by atoms with Crippen LogP contribution < -0.4 is 14.9 Å². The molecule has 0 saturated carbocycles. The molecular formula is C52H65ClF3N5O5S3. The second kappa shape index (κ2) is 21.7. The number of rotatable bonds is 16. The number of piperidine rings is 1. The van der Waals surface area contributed by atoms with E-state index in [0.29, 0.717) is 30.7 Å². The first kappa shape index (κ1) is 52.8. The second-order valence-corrected chi connectivity index (χ2v) is 25.5. The van der Waals surface area contributed by atoms with E-state index in [0.717, 1.165) is 106 Å². The molecule has 69 heavy (non-hydrogen) atoms. The van der Waals surface area contributed by atoms with Crippen molar-refractivity contribution in [3.63, 3.8) is 0 Å². The summed E-state index contributed by atoms with van der Waals surface area (Å²) in [6.45, 7) is 16.7. The van der Waals surface area contributed by atoms with Crippen LogP contribution in [0.1, 0.15) is 95.5 Å². The minimum absolute atomic E-state index is 0.0128. The first-order valence-electron chi connectivity index (χ1n) is 23.7. The number of hydrogen-bond acceptors (Lipinski definition) is 10. The third-order valence-corrected chi connectivity index (χ3v) is 18.0. The quantitative estimate of drug-likeness (QED) is 0.105. The van der Waals surface area contributed by atoms with Crippen LogP contribution in [0.25, 0.3) is 5.57 Å². The fourth-order valence-corrected chi connectivity index (χ4v) is 12.8. The summed E-state index contributed by atoms with van der Waals surface area (Å²) in [4.78, 5) is 19.2. The molecule has 4 aromatic carbocycles. The highest BCUT2D eigenvalue weighted by Gasteiger charge is 2.48. The Morgan fingerprint density at radius 2 is 1.51 bits per heavy atom. The van der Waals surface area contributed by atoms with E-state index in [2.05, 4.69) is 66.8 Å². The number of alkyl halides is 3. The number of nitrogens with zero attached hydrogens (tertiary/aromatic N) is 3. The molecular weight excluding hydrogens is 963 g/mol. The number of allylic oxidation sites excluding steroid dienone is 2. The van der Waals surface area contributed by atoms with Crippen LogP contribution in [-0.2, 0) is 19.9 Å². The average molecular weight is 1030 g/mol. The van der Waals surface area contributed by atoms with E-state index in [-0.39, 0.29) is 22.2 Å². The third kappa shape index (κ3) is 13.7. The third-order valence-electron chi connectivity index (χ3n) is 13.8. The van der Waals surface area contributed by atoms with E-state index in [9.17, 15) is 34.8 Å². The van der Waals surface area contributed by atoms with Crippen LogP contribution in [0, 0.1) is 11.3 Å². The SMILES string of the molecule is CC1(C)CCC(c2ccc(Cl)cc2)=C(CC2CCN(c3ccc(C(=O)NS(=O)(=O)c4ccc(NC(CCN5CCN(C(C)(C)C)CC5)CSc5ccccc5)c(S(=O)(=O)C(F)(F)F)c4)cc3)CC2)C1. The van der Waals surface area contributed by atoms with Crippen molar-refractivity contribution in [2.24, 2.45) is 11.3 Å². The molecule has 0 bridgehead atoms. The van der Waals surface area contributed by atoms with Crippen molar-refractivity contribution in [1.29, 1.82) is 0 Å². The van der Waals surface area contributed by atoms with Crippen LogP contribution in [0.4, 0.5) is 24.5 Å². The Kier molecular flexibility index (Phi) is 16.6. The maximum absolute atomic E-state index is 14.3. The van der Waals surface area contributed by atoms with Crippen LogP contribution in [0.5, 0.6) is 0 Å². The first-order valence-corrected chi connectivity index (χ1v) is 28.1. The van der Waals surface area contributed by atoms with Gasteiger partial charge < -0.3 is 15.1 Å². The number of carbonyl (C=O) groups is 1. The number of sulfone groups is 1. The van der Waals surface area contributed by atoms with Gasteiger partial charge in [0, 0.05) is 84.3 Å². The highest BCUT2D eigenvalue weighted by Crippen LogP contribution is 2.46. The van der Waals surface area contributed by atoms with Crippen molar-refractivity contribution in [2.75, 3.05) is 61.8 Å². The highest BCUT2D eigenvalue weighted by molar-refractivity contribution is 7.99. The number of hydrogen-bond donors (Lipinski definition) is 2. The van der Waals surface area contributed by atoms with Crippen LogP contribution in [0.3, 0.4) is 0 Å². The van der Waals surface area contributed by atoms with Gasteiger partial charge in [-0.25, -0.2) is 21.6 Å². The number of halogens is 4. The number of amides is 1. The maximum Gasteiger partial charge on any atom is 0.501 e. The van der Waals surface area contributed by atoms with Gasteiger partial charge in [0.1, 0.15) is 4.90 Å². The van der Waals surface area contributed by atoms with Crippen molar-refractivity contribution in [3.8, 4) is 0 Å². The van der Waals surface area contributed by atoms with Crippen molar-refractivity contribution >= 4 is 66.1 Å². The van der Waals surface area contributed by atoms with Gasteiger partial charge in [-0.15, -0.1) is 11.8 Å². The zero-order valence-corrected chi connectivity index (χ0v) is 43.3. The molecule has 2 saturated heterocycles. The fourth-order valence-electron chi connectivity index (χ4n) is 9.66. The zero-order chi connectivity index (χ0) is 49.8. The molecule has 7 rings (SSSR count). The molecule has 2 N–H and O–H groups in total. The molecule has 2 fully saturated rings. The van der Waals surface area contributed by atoms with Gasteiger partial charge in [0.15, 0.2) is 0 Å². The Morgan fingerprint density at radius 1 is 0.855 bits per heavy atom. The minimum Gasteiger partial charge on any atom is -0.380 e.